The Labute approximate surface area is 138 Å². The average molecular weight is 368 g/mol. The number of carbonyl (C=O) groups is 1. The predicted octanol–water partition coefficient (Wildman–Crippen LogP) is 1.03. The number of aryl methyl sites for hydroxylation is 1. The first kappa shape index (κ1) is 18.7. The molecule has 0 unspecified atom stereocenters. The molecular formula is C13H19F3N4O3S. The Morgan fingerprint density at radius 2 is 1.79 bits per heavy atom. The summed E-state index contributed by atoms with van der Waals surface area (Å²) in [6.07, 6.45) is -4.62. The highest BCUT2D eigenvalue weighted by molar-refractivity contribution is 7.89. The van der Waals surface area contributed by atoms with Crippen molar-refractivity contribution in [1.82, 2.24) is 19.0 Å². The van der Waals surface area contributed by atoms with Crippen molar-refractivity contribution in [2.75, 3.05) is 31.9 Å². The zero-order valence-electron chi connectivity index (χ0n) is 13.4. The maximum atomic E-state index is 12.8. The SMILES string of the molecule is CCn1nc(C(F)(F)F)cc1C(=O)N1CCN(S(=O)(=O)CC)CC1. The first-order chi connectivity index (χ1) is 11.1. The molecule has 0 saturated carbocycles. The summed E-state index contributed by atoms with van der Waals surface area (Å²) < 4.78 is 64.2. The zero-order valence-corrected chi connectivity index (χ0v) is 14.2. The van der Waals surface area contributed by atoms with Crippen molar-refractivity contribution in [3.05, 3.63) is 17.5 Å². The molecule has 1 aliphatic rings. The minimum Gasteiger partial charge on any atom is -0.335 e. The van der Waals surface area contributed by atoms with Crippen LogP contribution in [-0.4, -0.2) is 65.2 Å². The molecule has 1 saturated heterocycles. The number of halogens is 3. The number of piperazine rings is 1. The Morgan fingerprint density at radius 1 is 1.21 bits per heavy atom. The number of nitrogens with zero attached hydrogens (tertiary/aromatic N) is 4. The summed E-state index contributed by atoms with van der Waals surface area (Å²) in [6.45, 7) is 3.79. The summed E-state index contributed by atoms with van der Waals surface area (Å²) in [5.41, 5.74) is -1.25. The molecule has 1 fully saturated rings. The van der Waals surface area contributed by atoms with Gasteiger partial charge in [-0.25, -0.2) is 8.42 Å². The molecule has 1 aliphatic heterocycles. The summed E-state index contributed by atoms with van der Waals surface area (Å²) >= 11 is 0. The van der Waals surface area contributed by atoms with Crippen LogP contribution in [0.3, 0.4) is 0 Å². The van der Waals surface area contributed by atoms with Gasteiger partial charge in [0.2, 0.25) is 10.0 Å². The molecule has 1 aromatic heterocycles. The van der Waals surface area contributed by atoms with E-state index >= 15 is 0 Å². The van der Waals surface area contributed by atoms with Gasteiger partial charge < -0.3 is 4.90 Å². The lowest BCUT2D eigenvalue weighted by Gasteiger charge is -2.33. The van der Waals surface area contributed by atoms with E-state index in [0.717, 1.165) is 10.7 Å². The number of aromatic nitrogens is 2. The normalized spacial score (nSPS) is 17.3. The maximum absolute atomic E-state index is 12.8. The van der Waals surface area contributed by atoms with Crippen molar-refractivity contribution in [2.45, 2.75) is 26.6 Å². The second kappa shape index (κ2) is 6.71. The molecule has 11 heteroatoms. The van der Waals surface area contributed by atoms with E-state index < -0.39 is 27.8 Å². The smallest absolute Gasteiger partial charge is 0.335 e. The van der Waals surface area contributed by atoms with E-state index in [4.69, 9.17) is 0 Å². The van der Waals surface area contributed by atoms with Gasteiger partial charge in [0, 0.05) is 38.8 Å². The number of hydrogen-bond donors (Lipinski definition) is 0. The molecule has 0 N–H and O–H groups in total. The molecule has 0 spiro atoms. The first-order valence-electron chi connectivity index (χ1n) is 7.52. The van der Waals surface area contributed by atoms with E-state index in [0.29, 0.717) is 0 Å². The van der Waals surface area contributed by atoms with Gasteiger partial charge in [0.1, 0.15) is 5.69 Å². The van der Waals surface area contributed by atoms with Crippen molar-refractivity contribution in [3.63, 3.8) is 0 Å². The lowest BCUT2D eigenvalue weighted by atomic mass is 10.2. The number of carbonyl (C=O) groups excluding carboxylic acids is 1. The van der Waals surface area contributed by atoms with Gasteiger partial charge in [0.25, 0.3) is 5.91 Å². The predicted molar refractivity (Wildman–Crippen MR) is 79.8 cm³/mol. The molecule has 1 aromatic rings. The van der Waals surface area contributed by atoms with Crippen LogP contribution in [0.25, 0.3) is 0 Å². The van der Waals surface area contributed by atoms with E-state index in [2.05, 4.69) is 5.10 Å². The minimum absolute atomic E-state index is 0.0293. The minimum atomic E-state index is -4.62. The molecule has 24 heavy (non-hydrogen) atoms. The quantitative estimate of drug-likeness (QED) is 0.796. The number of amides is 1. The van der Waals surface area contributed by atoms with Gasteiger partial charge >= 0.3 is 6.18 Å². The van der Waals surface area contributed by atoms with Gasteiger partial charge in [-0.3, -0.25) is 9.48 Å². The number of sulfonamides is 1. The molecule has 0 aromatic carbocycles. The second-order valence-corrected chi connectivity index (χ2v) is 7.58. The summed E-state index contributed by atoms with van der Waals surface area (Å²) in [5.74, 6) is -0.605. The molecule has 0 bridgehead atoms. The van der Waals surface area contributed by atoms with Gasteiger partial charge in [-0.05, 0) is 13.8 Å². The van der Waals surface area contributed by atoms with Crippen LogP contribution < -0.4 is 0 Å². The molecular weight excluding hydrogens is 349 g/mol. The number of hydrogen-bond acceptors (Lipinski definition) is 4. The third-order valence-corrected chi connectivity index (χ3v) is 5.75. The molecule has 0 atom stereocenters. The molecule has 136 valence electrons. The van der Waals surface area contributed by atoms with Crippen LogP contribution in [0.5, 0.6) is 0 Å². The van der Waals surface area contributed by atoms with Crippen molar-refractivity contribution in [3.8, 4) is 0 Å². The van der Waals surface area contributed by atoms with Gasteiger partial charge in [-0.2, -0.15) is 22.6 Å². The third kappa shape index (κ3) is 3.72. The molecule has 2 heterocycles. The summed E-state index contributed by atoms with van der Waals surface area (Å²) in [6, 6.07) is 0.737. The monoisotopic (exact) mass is 368 g/mol. The average Bonchev–Trinajstić information content (AvgIpc) is 2.99. The van der Waals surface area contributed by atoms with Crippen molar-refractivity contribution < 1.29 is 26.4 Å². The fourth-order valence-corrected chi connectivity index (χ4v) is 3.57. The van der Waals surface area contributed by atoms with Gasteiger partial charge in [-0.1, -0.05) is 0 Å². The van der Waals surface area contributed by atoms with E-state index in [1.54, 1.807) is 6.92 Å². The van der Waals surface area contributed by atoms with Gasteiger partial charge in [-0.15, -0.1) is 0 Å². The Morgan fingerprint density at radius 3 is 2.25 bits per heavy atom. The highest BCUT2D eigenvalue weighted by Crippen LogP contribution is 2.29. The highest BCUT2D eigenvalue weighted by atomic mass is 32.2. The highest BCUT2D eigenvalue weighted by Gasteiger charge is 2.37. The topological polar surface area (TPSA) is 75.5 Å². The van der Waals surface area contributed by atoms with Crippen LogP contribution in [0.2, 0.25) is 0 Å². The Balaban J connectivity index is 2.15. The third-order valence-electron chi connectivity index (χ3n) is 3.87. The standard InChI is InChI=1S/C13H19F3N4O3S/c1-3-20-10(9-11(17-20)13(14,15)16)12(21)18-5-7-19(8-6-18)24(22,23)4-2/h9H,3-8H2,1-2H3. The second-order valence-electron chi connectivity index (χ2n) is 5.32. The van der Waals surface area contributed by atoms with Crippen molar-refractivity contribution in [1.29, 1.82) is 0 Å². The van der Waals surface area contributed by atoms with Crippen LogP contribution >= 0.6 is 0 Å². The van der Waals surface area contributed by atoms with Crippen molar-refractivity contribution in [2.24, 2.45) is 0 Å². The Kier molecular flexibility index (Phi) is 5.23. The molecule has 1 amide bonds. The van der Waals surface area contributed by atoms with Crippen molar-refractivity contribution >= 4 is 15.9 Å². The molecule has 0 radical (unpaired) electrons. The van der Waals surface area contributed by atoms with Crippen LogP contribution in [0.1, 0.15) is 30.0 Å². The number of rotatable bonds is 4. The van der Waals surface area contributed by atoms with Gasteiger partial charge in [0.05, 0.1) is 5.75 Å². The largest absolute Gasteiger partial charge is 0.435 e. The molecule has 7 nitrogen and oxygen atoms in total. The lowest BCUT2D eigenvalue weighted by Crippen LogP contribution is -2.51. The fraction of sp³-hybridized carbons (Fsp3) is 0.692. The number of alkyl halides is 3. The van der Waals surface area contributed by atoms with Crippen LogP contribution in [-0.2, 0) is 22.7 Å². The molecule has 0 aliphatic carbocycles. The van der Waals surface area contributed by atoms with E-state index in [1.807, 2.05) is 0 Å². The van der Waals surface area contributed by atoms with E-state index in [-0.39, 0.29) is 44.2 Å². The first-order valence-corrected chi connectivity index (χ1v) is 9.13. The van der Waals surface area contributed by atoms with Crippen LogP contribution in [0, 0.1) is 0 Å². The van der Waals surface area contributed by atoms with Crippen LogP contribution in [0.4, 0.5) is 13.2 Å². The van der Waals surface area contributed by atoms with Crippen LogP contribution in [0.15, 0.2) is 6.07 Å². The summed E-state index contributed by atoms with van der Waals surface area (Å²) in [4.78, 5) is 13.8. The van der Waals surface area contributed by atoms with Gasteiger partial charge in [0.15, 0.2) is 5.69 Å². The van der Waals surface area contributed by atoms with E-state index in [1.165, 1.54) is 16.1 Å². The Bertz CT molecular complexity index is 707. The lowest BCUT2D eigenvalue weighted by molar-refractivity contribution is -0.141. The van der Waals surface area contributed by atoms with E-state index in [9.17, 15) is 26.4 Å². The zero-order chi connectivity index (χ0) is 18.1. The Hall–Kier alpha value is -1.62. The molecule has 2 rings (SSSR count). The maximum Gasteiger partial charge on any atom is 0.435 e. The summed E-state index contributed by atoms with van der Waals surface area (Å²) in [5, 5.41) is 3.42. The fourth-order valence-electron chi connectivity index (χ4n) is 2.48. The summed E-state index contributed by atoms with van der Waals surface area (Å²) in [7, 11) is -3.33.